The van der Waals surface area contributed by atoms with E-state index in [0.29, 0.717) is 5.56 Å². The summed E-state index contributed by atoms with van der Waals surface area (Å²) in [6.07, 6.45) is 1.54. The molecule has 3 rings (SSSR count). The zero-order chi connectivity index (χ0) is 17.3. The molecule has 3 aromatic rings. The number of rotatable bonds is 3. The van der Waals surface area contributed by atoms with Gasteiger partial charge in [-0.2, -0.15) is 4.98 Å². The van der Waals surface area contributed by atoms with E-state index in [2.05, 4.69) is 10.3 Å². The van der Waals surface area contributed by atoms with Crippen molar-refractivity contribution in [3.8, 4) is 5.88 Å². The lowest BCUT2D eigenvalue weighted by Gasteiger charge is -2.08. The van der Waals surface area contributed by atoms with Crippen molar-refractivity contribution in [2.24, 2.45) is 0 Å². The molecule has 0 aliphatic rings. The molecule has 2 aromatic heterocycles. The topological polar surface area (TPSA) is 83.7 Å². The second kappa shape index (κ2) is 6.11. The molecule has 0 bridgehead atoms. The first-order valence-electron chi connectivity index (χ1n) is 7.20. The number of carbonyl (C=O) groups is 1. The molecule has 24 heavy (non-hydrogen) atoms. The van der Waals surface area contributed by atoms with Gasteiger partial charge in [0, 0.05) is 12.7 Å². The van der Waals surface area contributed by atoms with E-state index in [1.54, 1.807) is 25.3 Å². The Morgan fingerprint density at radius 3 is 2.67 bits per heavy atom. The fraction of sp³-hybridized carbons (Fsp3) is 0.118. The van der Waals surface area contributed by atoms with Crippen LogP contribution in [0.4, 0.5) is 4.39 Å². The van der Waals surface area contributed by atoms with Gasteiger partial charge in [0.2, 0.25) is 5.88 Å². The van der Waals surface area contributed by atoms with Crippen LogP contribution in [-0.2, 0) is 6.54 Å². The Labute approximate surface area is 136 Å². The van der Waals surface area contributed by atoms with Gasteiger partial charge in [0.15, 0.2) is 5.56 Å². The molecule has 0 saturated heterocycles. The third kappa shape index (κ3) is 2.96. The van der Waals surface area contributed by atoms with Gasteiger partial charge in [-0.15, -0.1) is 0 Å². The van der Waals surface area contributed by atoms with Crippen LogP contribution in [0.25, 0.3) is 5.65 Å². The number of aromatic nitrogens is 2. The third-order valence-corrected chi connectivity index (χ3v) is 3.54. The van der Waals surface area contributed by atoms with Gasteiger partial charge in [0.1, 0.15) is 11.5 Å². The van der Waals surface area contributed by atoms with E-state index in [1.165, 1.54) is 28.7 Å². The molecular weight excluding hydrogens is 313 g/mol. The highest BCUT2D eigenvalue weighted by Crippen LogP contribution is 2.12. The Morgan fingerprint density at radius 1 is 1.25 bits per heavy atom. The summed E-state index contributed by atoms with van der Waals surface area (Å²) in [5, 5.41) is 12.4. The van der Waals surface area contributed by atoms with Crippen LogP contribution >= 0.6 is 0 Å². The number of amides is 1. The van der Waals surface area contributed by atoms with Crippen LogP contribution in [-0.4, -0.2) is 20.4 Å². The van der Waals surface area contributed by atoms with E-state index in [1.807, 2.05) is 0 Å². The summed E-state index contributed by atoms with van der Waals surface area (Å²) in [6, 6.07) is 8.91. The summed E-state index contributed by atoms with van der Waals surface area (Å²) in [5.74, 6) is -1.75. The third-order valence-electron chi connectivity index (χ3n) is 3.54. The van der Waals surface area contributed by atoms with E-state index in [0.717, 1.165) is 5.56 Å². The van der Waals surface area contributed by atoms with Crippen LogP contribution in [0.2, 0.25) is 0 Å². The molecule has 0 unspecified atom stereocenters. The van der Waals surface area contributed by atoms with Gasteiger partial charge in [0.25, 0.3) is 11.5 Å². The highest BCUT2D eigenvalue weighted by molar-refractivity contribution is 5.96. The van der Waals surface area contributed by atoms with Crippen LogP contribution in [0, 0.1) is 12.7 Å². The number of aryl methyl sites for hydroxylation is 1. The van der Waals surface area contributed by atoms with E-state index >= 15 is 0 Å². The molecule has 0 saturated carbocycles. The normalized spacial score (nSPS) is 10.8. The van der Waals surface area contributed by atoms with Gasteiger partial charge in [-0.25, -0.2) is 4.39 Å². The molecule has 0 aliphatic heterocycles. The quantitative estimate of drug-likeness (QED) is 0.768. The highest BCUT2D eigenvalue weighted by atomic mass is 19.1. The Bertz CT molecular complexity index is 981. The van der Waals surface area contributed by atoms with Crippen molar-refractivity contribution in [3.05, 3.63) is 75.5 Å². The van der Waals surface area contributed by atoms with Crippen LogP contribution in [0.15, 0.2) is 47.4 Å². The predicted octanol–water partition coefficient (Wildman–Crippen LogP) is 1.78. The summed E-state index contributed by atoms with van der Waals surface area (Å²) in [5.41, 5.74) is 0.639. The van der Waals surface area contributed by atoms with Crippen molar-refractivity contribution in [2.75, 3.05) is 0 Å². The lowest BCUT2D eigenvalue weighted by molar-refractivity contribution is 0.0945. The second-order valence-corrected chi connectivity index (χ2v) is 5.36. The number of carbonyl (C=O) groups excluding carboxylic acids is 1. The largest absolute Gasteiger partial charge is 0.493 e. The lowest BCUT2D eigenvalue weighted by Crippen LogP contribution is -2.31. The zero-order valence-electron chi connectivity index (χ0n) is 12.8. The van der Waals surface area contributed by atoms with Crippen LogP contribution in [0.3, 0.4) is 0 Å². The first kappa shape index (κ1) is 15.7. The molecule has 1 aromatic carbocycles. The molecule has 2 N–H and O–H groups in total. The summed E-state index contributed by atoms with van der Waals surface area (Å²) in [6.45, 7) is 1.89. The SMILES string of the molecule is Cc1ccc2nc(O)c(C(=O)NCc3ccc(F)cc3)c(=O)n2c1. The van der Waals surface area contributed by atoms with Gasteiger partial charge >= 0.3 is 0 Å². The average molecular weight is 327 g/mol. The van der Waals surface area contributed by atoms with Crippen molar-refractivity contribution in [2.45, 2.75) is 13.5 Å². The first-order chi connectivity index (χ1) is 11.5. The van der Waals surface area contributed by atoms with Gasteiger partial charge in [-0.05, 0) is 36.2 Å². The van der Waals surface area contributed by atoms with E-state index < -0.39 is 22.9 Å². The number of hydrogen-bond acceptors (Lipinski definition) is 4. The average Bonchev–Trinajstić information content (AvgIpc) is 2.55. The Hall–Kier alpha value is -3.22. The fourth-order valence-corrected chi connectivity index (χ4v) is 2.31. The van der Waals surface area contributed by atoms with E-state index in [-0.39, 0.29) is 18.0 Å². The number of nitrogens with zero attached hydrogens (tertiary/aromatic N) is 2. The molecular formula is C17H14FN3O3. The van der Waals surface area contributed by atoms with Gasteiger partial charge in [0.05, 0.1) is 0 Å². The maximum absolute atomic E-state index is 12.9. The Balaban J connectivity index is 1.91. The van der Waals surface area contributed by atoms with Crippen molar-refractivity contribution in [1.29, 1.82) is 0 Å². The Kier molecular flexibility index (Phi) is 3.99. The smallest absolute Gasteiger partial charge is 0.274 e. The number of nitrogens with one attached hydrogen (secondary N) is 1. The lowest BCUT2D eigenvalue weighted by atomic mass is 10.2. The molecule has 2 heterocycles. The molecule has 0 spiro atoms. The summed E-state index contributed by atoms with van der Waals surface area (Å²) in [4.78, 5) is 28.6. The summed E-state index contributed by atoms with van der Waals surface area (Å²) < 4.78 is 14.1. The molecule has 0 radical (unpaired) electrons. The second-order valence-electron chi connectivity index (χ2n) is 5.36. The van der Waals surface area contributed by atoms with Crippen LogP contribution < -0.4 is 10.9 Å². The number of benzene rings is 1. The molecule has 1 amide bonds. The van der Waals surface area contributed by atoms with Crippen molar-refractivity contribution in [3.63, 3.8) is 0 Å². The fourth-order valence-electron chi connectivity index (χ4n) is 2.31. The first-order valence-corrected chi connectivity index (χ1v) is 7.20. The summed E-state index contributed by atoms with van der Waals surface area (Å²) in [7, 11) is 0. The van der Waals surface area contributed by atoms with Crippen molar-refractivity contribution >= 4 is 11.6 Å². The zero-order valence-corrected chi connectivity index (χ0v) is 12.8. The van der Waals surface area contributed by atoms with Crippen molar-refractivity contribution < 1.29 is 14.3 Å². The standard InChI is InChI=1S/C17H14FN3O3/c1-10-2-7-13-20-16(23)14(17(24)21(13)9-10)15(22)19-8-11-3-5-12(18)6-4-11/h2-7,9,23H,8H2,1H3,(H,19,22). The molecule has 122 valence electrons. The number of halogens is 1. The number of aromatic hydroxyl groups is 1. The van der Waals surface area contributed by atoms with Crippen LogP contribution in [0.5, 0.6) is 5.88 Å². The van der Waals surface area contributed by atoms with E-state index in [9.17, 15) is 19.1 Å². The number of pyridine rings is 1. The summed E-state index contributed by atoms with van der Waals surface area (Å²) >= 11 is 0. The number of fused-ring (bicyclic) bond motifs is 1. The Morgan fingerprint density at radius 2 is 1.96 bits per heavy atom. The maximum atomic E-state index is 12.9. The minimum Gasteiger partial charge on any atom is -0.493 e. The molecule has 6 nitrogen and oxygen atoms in total. The van der Waals surface area contributed by atoms with Gasteiger partial charge < -0.3 is 10.4 Å². The minimum atomic E-state index is -0.745. The predicted molar refractivity (Wildman–Crippen MR) is 85.4 cm³/mol. The monoisotopic (exact) mass is 327 g/mol. The van der Waals surface area contributed by atoms with Gasteiger partial charge in [-0.1, -0.05) is 18.2 Å². The molecule has 0 fully saturated rings. The molecule has 0 atom stereocenters. The maximum Gasteiger partial charge on any atom is 0.274 e. The van der Waals surface area contributed by atoms with Crippen LogP contribution in [0.1, 0.15) is 21.5 Å². The highest BCUT2D eigenvalue weighted by Gasteiger charge is 2.19. The molecule has 7 heteroatoms. The van der Waals surface area contributed by atoms with Crippen molar-refractivity contribution in [1.82, 2.24) is 14.7 Å². The minimum absolute atomic E-state index is 0.0918. The van der Waals surface area contributed by atoms with Gasteiger partial charge in [-0.3, -0.25) is 14.0 Å². The molecule has 0 aliphatic carbocycles. The number of hydrogen-bond donors (Lipinski definition) is 2. The van der Waals surface area contributed by atoms with E-state index in [4.69, 9.17) is 0 Å².